The van der Waals surface area contributed by atoms with Crippen molar-refractivity contribution in [2.75, 3.05) is 0 Å². The van der Waals surface area contributed by atoms with Crippen LogP contribution in [0.15, 0.2) is 0 Å². The van der Waals surface area contributed by atoms with Gasteiger partial charge in [-0.3, -0.25) is 0 Å². The highest BCUT2D eigenvalue weighted by Crippen LogP contribution is 2.56. The van der Waals surface area contributed by atoms with E-state index in [1.165, 1.54) is 116 Å². The summed E-state index contributed by atoms with van der Waals surface area (Å²) in [5.74, 6) is 4.53. The SMILES string of the molecule is CCCCCCC1CCC(C2CCC3(C#N)CC(CCCC)CCC3C2)CC1. The van der Waals surface area contributed by atoms with Crippen molar-refractivity contribution in [1.82, 2.24) is 0 Å². The molecule has 0 aromatic heterocycles. The molecule has 0 bridgehead atoms. The minimum absolute atomic E-state index is 0.0592. The van der Waals surface area contributed by atoms with Crippen molar-refractivity contribution >= 4 is 0 Å². The fourth-order valence-corrected chi connectivity index (χ4v) is 7.24. The largest absolute Gasteiger partial charge is 0.198 e. The minimum Gasteiger partial charge on any atom is -0.198 e. The highest BCUT2D eigenvalue weighted by molar-refractivity contribution is 5.09. The monoisotopic (exact) mass is 385 g/mol. The molecule has 0 aromatic rings. The second kappa shape index (κ2) is 11.0. The molecule has 0 amide bonds. The Balaban J connectivity index is 1.45. The number of fused-ring (bicyclic) bond motifs is 1. The van der Waals surface area contributed by atoms with E-state index in [0.717, 1.165) is 29.6 Å². The van der Waals surface area contributed by atoms with E-state index in [1.807, 2.05) is 0 Å². The van der Waals surface area contributed by atoms with Gasteiger partial charge in [-0.05, 0) is 74.5 Å². The summed E-state index contributed by atoms with van der Waals surface area (Å²) in [6.07, 6.45) is 25.2. The summed E-state index contributed by atoms with van der Waals surface area (Å²) in [6.45, 7) is 4.62. The normalized spacial score (nSPS) is 38.5. The van der Waals surface area contributed by atoms with Crippen LogP contribution in [0.5, 0.6) is 0 Å². The standard InChI is InChI=1S/C27H47N/c1-3-5-7-8-10-22-11-14-24(15-12-22)25-17-18-27(21-28)20-23(9-6-4-2)13-16-26(27)19-25/h22-26H,3-20H2,1-2H3. The first-order chi connectivity index (χ1) is 13.7. The molecule has 3 rings (SSSR count). The molecule has 4 atom stereocenters. The van der Waals surface area contributed by atoms with E-state index in [2.05, 4.69) is 19.9 Å². The zero-order valence-corrected chi connectivity index (χ0v) is 19.1. The first kappa shape index (κ1) is 22.2. The van der Waals surface area contributed by atoms with Crippen LogP contribution in [0.4, 0.5) is 0 Å². The molecule has 1 nitrogen and oxygen atoms in total. The van der Waals surface area contributed by atoms with E-state index in [9.17, 15) is 5.26 Å². The van der Waals surface area contributed by atoms with Crippen LogP contribution in [0.2, 0.25) is 0 Å². The van der Waals surface area contributed by atoms with E-state index in [4.69, 9.17) is 0 Å². The van der Waals surface area contributed by atoms with Gasteiger partial charge in [0.2, 0.25) is 0 Å². The predicted molar refractivity (Wildman–Crippen MR) is 120 cm³/mol. The molecule has 0 spiro atoms. The van der Waals surface area contributed by atoms with Crippen molar-refractivity contribution in [3.05, 3.63) is 0 Å². The lowest BCUT2D eigenvalue weighted by molar-refractivity contribution is 0.0147. The number of nitrogens with zero attached hydrogens (tertiary/aromatic N) is 1. The molecule has 0 aliphatic heterocycles. The van der Waals surface area contributed by atoms with Crippen molar-refractivity contribution < 1.29 is 0 Å². The van der Waals surface area contributed by atoms with E-state index in [-0.39, 0.29) is 5.41 Å². The Kier molecular flexibility index (Phi) is 8.74. The van der Waals surface area contributed by atoms with Gasteiger partial charge in [0.25, 0.3) is 0 Å². The molecule has 0 radical (unpaired) electrons. The lowest BCUT2D eigenvalue weighted by Crippen LogP contribution is -2.42. The van der Waals surface area contributed by atoms with Gasteiger partial charge >= 0.3 is 0 Å². The van der Waals surface area contributed by atoms with E-state index >= 15 is 0 Å². The smallest absolute Gasteiger partial charge is 0.0692 e. The summed E-state index contributed by atoms with van der Waals surface area (Å²) in [4.78, 5) is 0. The first-order valence-electron chi connectivity index (χ1n) is 13.1. The van der Waals surface area contributed by atoms with Crippen LogP contribution in [-0.4, -0.2) is 0 Å². The molecule has 3 aliphatic rings. The van der Waals surface area contributed by atoms with Gasteiger partial charge in [-0.25, -0.2) is 0 Å². The minimum atomic E-state index is 0.0592. The lowest BCUT2D eigenvalue weighted by Gasteiger charge is -2.50. The molecule has 3 aliphatic carbocycles. The number of nitriles is 1. The summed E-state index contributed by atoms with van der Waals surface area (Å²) < 4.78 is 0. The quantitative estimate of drug-likeness (QED) is 0.364. The predicted octanol–water partition coefficient (Wildman–Crippen LogP) is 8.68. The van der Waals surface area contributed by atoms with Crippen LogP contribution in [0, 0.1) is 46.3 Å². The maximum Gasteiger partial charge on any atom is 0.0692 e. The van der Waals surface area contributed by atoms with Gasteiger partial charge in [-0.15, -0.1) is 0 Å². The van der Waals surface area contributed by atoms with Gasteiger partial charge in [0.15, 0.2) is 0 Å². The summed E-state index contributed by atoms with van der Waals surface area (Å²) in [5.41, 5.74) is 0.0592. The van der Waals surface area contributed by atoms with Crippen LogP contribution < -0.4 is 0 Å². The third kappa shape index (κ3) is 5.55. The number of hydrogen-bond donors (Lipinski definition) is 0. The molecule has 3 fully saturated rings. The zero-order valence-electron chi connectivity index (χ0n) is 19.1. The molecule has 28 heavy (non-hydrogen) atoms. The van der Waals surface area contributed by atoms with Crippen LogP contribution in [0.3, 0.4) is 0 Å². The maximum atomic E-state index is 10.1. The molecular formula is C27H47N. The summed E-state index contributed by atoms with van der Waals surface area (Å²) >= 11 is 0. The molecule has 1 heteroatoms. The summed E-state index contributed by atoms with van der Waals surface area (Å²) in [6, 6.07) is 2.89. The van der Waals surface area contributed by atoms with Crippen LogP contribution in [0.25, 0.3) is 0 Å². The Morgan fingerprint density at radius 2 is 1.46 bits per heavy atom. The topological polar surface area (TPSA) is 23.8 Å². The van der Waals surface area contributed by atoms with Gasteiger partial charge in [-0.1, -0.05) is 84.5 Å². The third-order valence-corrected chi connectivity index (χ3v) is 9.12. The zero-order chi connectivity index (χ0) is 19.8. The van der Waals surface area contributed by atoms with E-state index in [0.29, 0.717) is 0 Å². The average molecular weight is 386 g/mol. The van der Waals surface area contributed by atoms with Gasteiger partial charge in [0, 0.05) is 0 Å². The van der Waals surface area contributed by atoms with E-state index in [1.54, 1.807) is 0 Å². The molecule has 160 valence electrons. The first-order valence-corrected chi connectivity index (χ1v) is 13.1. The van der Waals surface area contributed by atoms with Crippen molar-refractivity contribution in [2.24, 2.45) is 35.0 Å². The Labute approximate surface area is 176 Å². The van der Waals surface area contributed by atoms with Crippen molar-refractivity contribution in [3.8, 4) is 6.07 Å². The molecule has 0 aromatic carbocycles. The number of hydrogen-bond acceptors (Lipinski definition) is 1. The molecule has 3 saturated carbocycles. The number of unbranched alkanes of at least 4 members (excludes halogenated alkanes) is 4. The Morgan fingerprint density at radius 1 is 0.750 bits per heavy atom. The van der Waals surface area contributed by atoms with Crippen molar-refractivity contribution in [1.29, 1.82) is 5.26 Å². The van der Waals surface area contributed by atoms with E-state index < -0.39 is 0 Å². The van der Waals surface area contributed by atoms with Gasteiger partial charge < -0.3 is 0 Å². The van der Waals surface area contributed by atoms with Gasteiger partial charge in [0.05, 0.1) is 11.5 Å². The average Bonchev–Trinajstić information content (AvgIpc) is 2.75. The van der Waals surface area contributed by atoms with Crippen LogP contribution in [0.1, 0.15) is 129 Å². The Morgan fingerprint density at radius 3 is 2.18 bits per heavy atom. The maximum absolute atomic E-state index is 10.1. The Bertz CT molecular complexity index is 483. The second-order valence-electron chi connectivity index (χ2n) is 10.9. The molecular weight excluding hydrogens is 338 g/mol. The fourth-order valence-electron chi connectivity index (χ4n) is 7.24. The molecule has 0 N–H and O–H groups in total. The fraction of sp³-hybridized carbons (Fsp3) is 0.963. The summed E-state index contributed by atoms with van der Waals surface area (Å²) in [5, 5.41) is 10.1. The highest BCUT2D eigenvalue weighted by atomic mass is 14.5. The summed E-state index contributed by atoms with van der Waals surface area (Å²) in [7, 11) is 0. The highest BCUT2D eigenvalue weighted by Gasteiger charge is 2.48. The lowest BCUT2D eigenvalue weighted by atomic mass is 9.53. The van der Waals surface area contributed by atoms with Crippen LogP contribution >= 0.6 is 0 Å². The number of rotatable bonds is 9. The van der Waals surface area contributed by atoms with Crippen LogP contribution in [-0.2, 0) is 0 Å². The van der Waals surface area contributed by atoms with Gasteiger partial charge in [0.1, 0.15) is 0 Å². The Hall–Kier alpha value is -0.510. The molecule has 0 heterocycles. The van der Waals surface area contributed by atoms with Crippen molar-refractivity contribution in [3.63, 3.8) is 0 Å². The third-order valence-electron chi connectivity index (χ3n) is 9.12. The molecule has 4 unspecified atom stereocenters. The molecule has 0 saturated heterocycles. The van der Waals surface area contributed by atoms with Crippen molar-refractivity contribution in [2.45, 2.75) is 129 Å². The second-order valence-corrected chi connectivity index (χ2v) is 10.9. The van der Waals surface area contributed by atoms with Gasteiger partial charge in [-0.2, -0.15) is 5.26 Å².